The summed E-state index contributed by atoms with van der Waals surface area (Å²) in [6.45, 7) is 8.88. The van der Waals surface area contributed by atoms with E-state index in [9.17, 15) is 5.21 Å². The molecule has 0 N–H and O–H groups in total. The van der Waals surface area contributed by atoms with E-state index in [2.05, 4.69) is 39.6 Å². The second kappa shape index (κ2) is 5.21. The predicted octanol–water partition coefficient (Wildman–Crippen LogP) is 3.27. The third-order valence-corrected chi connectivity index (χ3v) is 4.72. The zero-order valence-electron chi connectivity index (χ0n) is 13.3. The number of likely N-dealkylation sites (tertiary alicyclic amines) is 1. The normalized spacial score (nSPS) is 23.8. The molecule has 0 amide bonds. The highest BCUT2D eigenvalue weighted by atomic mass is 16.5. The van der Waals surface area contributed by atoms with Crippen molar-refractivity contribution in [3.05, 3.63) is 41.1 Å². The summed E-state index contributed by atoms with van der Waals surface area (Å²) in [6, 6.07) is 9.86. The molecule has 0 spiro atoms. The molecule has 3 nitrogen and oxygen atoms in total. The Kier molecular flexibility index (Phi) is 3.92. The van der Waals surface area contributed by atoms with Gasteiger partial charge in [0.25, 0.3) is 0 Å². The van der Waals surface area contributed by atoms with Gasteiger partial charge in [-0.3, -0.25) is 4.90 Å². The summed E-state index contributed by atoms with van der Waals surface area (Å²) in [5, 5.41) is 12.5. The van der Waals surface area contributed by atoms with Crippen LogP contribution in [0, 0.1) is 5.21 Å². The van der Waals surface area contributed by atoms with Crippen molar-refractivity contribution in [1.82, 2.24) is 4.90 Å². The molecule has 1 saturated heterocycles. The number of nitrogens with zero attached hydrogens (tertiary/aromatic N) is 2. The monoisotopic (exact) mass is 274 g/mol. The fourth-order valence-corrected chi connectivity index (χ4v) is 3.29. The summed E-state index contributed by atoms with van der Waals surface area (Å²) in [7, 11) is 2.16. The van der Waals surface area contributed by atoms with Crippen LogP contribution in [0.3, 0.4) is 0 Å². The maximum absolute atomic E-state index is 12.5. The largest absolute Gasteiger partial charge is 0.624 e. The Labute approximate surface area is 122 Å². The average Bonchev–Trinajstić information content (AvgIpc) is 2.36. The minimum Gasteiger partial charge on any atom is -0.624 e. The second-order valence-electron chi connectivity index (χ2n) is 7.15. The maximum Gasteiger partial charge on any atom is 0.182 e. The molecular weight excluding hydrogens is 248 g/mol. The Hall–Kier alpha value is -1.35. The van der Waals surface area contributed by atoms with Crippen LogP contribution in [0.15, 0.2) is 30.3 Å². The molecule has 0 unspecified atom stereocenters. The van der Waals surface area contributed by atoms with Crippen molar-refractivity contribution in [2.45, 2.75) is 57.7 Å². The zero-order valence-corrected chi connectivity index (χ0v) is 13.3. The third kappa shape index (κ3) is 3.04. The van der Waals surface area contributed by atoms with Crippen LogP contribution in [-0.2, 0) is 0 Å². The highest BCUT2D eigenvalue weighted by molar-refractivity contribution is 5.75. The lowest BCUT2D eigenvalue weighted by molar-refractivity contribution is -0.509. The lowest BCUT2D eigenvalue weighted by Gasteiger charge is -2.52. The molecule has 110 valence electrons. The topological polar surface area (TPSA) is 29.3 Å². The van der Waals surface area contributed by atoms with Crippen LogP contribution >= 0.6 is 0 Å². The molecule has 1 aliphatic rings. The van der Waals surface area contributed by atoms with Gasteiger partial charge in [-0.05, 0) is 46.9 Å². The number of hydrogen-bond donors (Lipinski definition) is 0. The van der Waals surface area contributed by atoms with E-state index in [1.54, 1.807) is 6.21 Å². The SMILES string of the molecule is CN1C(C)(C)CC(/[N+]([O-])=C/c2ccccc2)CC1(C)C. The quantitative estimate of drug-likeness (QED) is 0.358. The Balaban J connectivity index is 2.23. The highest BCUT2D eigenvalue weighted by Gasteiger charge is 2.46. The smallest absolute Gasteiger partial charge is 0.182 e. The molecular formula is C17H26N2O. The summed E-state index contributed by atoms with van der Waals surface area (Å²) < 4.78 is 1.16. The first-order valence-corrected chi connectivity index (χ1v) is 7.32. The van der Waals surface area contributed by atoms with Crippen LogP contribution < -0.4 is 0 Å². The van der Waals surface area contributed by atoms with Crippen LogP contribution in [0.4, 0.5) is 0 Å². The average molecular weight is 274 g/mol. The molecule has 1 aromatic carbocycles. The van der Waals surface area contributed by atoms with Crippen LogP contribution in [0.2, 0.25) is 0 Å². The molecule has 1 heterocycles. The van der Waals surface area contributed by atoms with E-state index in [4.69, 9.17) is 0 Å². The first kappa shape index (κ1) is 15.0. The van der Waals surface area contributed by atoms with Crippen molar-refractivity contribution in [3.8, 4) is 0 Å². The van der Waals surface area contributed by atoms with Gasteiger partial charge in [0.2, 0.25) is 0 Å². The van der Waals surface area contributed by atoms with Crippen molar-refractivity contribution in [1.29, 1.82) is 0 Å². The van der Waals surface area contributed by atoms with E-state index in [0.29, 0.717) is 0 Å². The molecule has 0 bridgehead atoms. The van der Waals surface area contributed by atoms with Gasteiger partial charge in [0.15, 0.2) is 12.3 Å². The summed E-state index contributed by atoms with van der Waals surface area (Å²) >= 11 is 0. The fraction of sp³-hybridized carbons (Fsp3) is 0.588. The molecule has 3 heteroatoms. The van der Waals surface area contributed by atoms with E-state index >= 15 is 0 Å². The van der Waals surface area contributed by atoms with Crippen LogP contribution in [-0.4, -0.2) is 40.0 Å². The van der Waals surface area contributed by atoms with E-state index in [0.717, 1.165) is 23.1 Å². The van der Waals surface area contributed by atoms with Crippen LogP contribution in [0.5, 0.6) is 0 Å². The van der Waals surface area contributed by atoms with E-state index < -0.39 is 0 Å². The van der Waals surface area contributed by atoms with Crippen molar-refractivity contribution >= 4 is 6.21 Å². The zero-order chi connectivity index (χ0) is 15.0. The first-order valence-electron chi connectivity index (χ1n) is 7.32. The maximum atomic E-state index is 12.5. The van der Waals surface area contributed by atoms with Crippen molar-refractivity contribution < 1.29 is 4.74 Å². The lowest BCUT2D eigenvalue weighted by Crippen LogP contribution is -2.61. The summed E-state index contributed by atoms with van der Waals surface area (Å²) in [6.07, 6.45) is 3.50. The molecule has 0 aromatic heterocycles. The third-order valence-electron chi connectivity index (χ3n) is 4.72. The van der Waals surface area contributed by atoms with Gasteiger partial charge in [0.05, 0.1) is 0 Å². The summed E-state index contributed by atoms with van der Waals surface area (Å²) in [5.74, 6) is 0. The van der Waals surface area contributed by atoms with Crippen LogP contribution in [0.25, 0.3) is 0 Å². The summed E-state index contributed by atoms with van der Waals surface area (Å²) in [4.78, 5) is 2.40. The number of rotatable bonds is 2. The molecule has 1 fully saturated rings. The number of piperidine rings is 1. The van der Waals surface area contributed by atoms with Gasteiger partial charge in [-0.15, -0.1) is 0 Å². The van der Waals surface area contributed by atoms with E-state index in [1.165, 1.54) is 0 Å². The van der Waals surface area contributed by atoms with Gasteiger partial charge in [-0.25, -0.2) is 4.74 Å². The predicted molar refractivity (Wildman–Crippen MR) is 84.2 cm³/mol. The molecule has 1 aromatic rings. The van der Waals surface area contributed by atoms with Gasteiger partial charge in [0, 0.05) is 29.5 Å². The molecule has 0 aliphatic carbocycles. The van der Waals surface area contributed by atoms with Crippen molar-refractivity contribution in [3.63, 3.8) is 0 Å². The Morgan fingerprint density at radius 2 is 1.60 bits per heavy atom. The second-order valence-corrected chi connectivity index (χ2v) is 7.15. The highest BCUT2D eigenvalue weighted by Crippen LogP contribution is 2.37. The molecule has 1 aliphatic heterocycles. The van der Waals surface area contributed by atoms with E-state index in [1.807, 2.05) is 30.3 Å². The summed E-state index contributed by atoms with van der Waals surface area (Å²) in [5.41, 5.74) is 1.05. The van der Waals surface area contributed by atoms with Gasteiger partial charge in [-0.2, -0.15) is 0 Å². The van der Waals surface area contributed by atoms with Gasteiger partial charge in [-0.1, -0.05) is 18.2 Å². The number of hydroxylamine groups is 1. The van der Waals surface area contributed by atoms with Crippen molar-refractivity contribution in [2.24, 2.45) is 0 Å². The molecule has 20 heavy (non-hydrogen) atoms. The first-order chi connectivity index (χ1) is 9.22. The molecule has 0 saturated carbocycles. The standard InChI is InChI=1S/C17H26N2O/c1-16(2)11-15(12-17(3,4)18(16)5)19(20)13-14-9-7-6-8-10-14/h6-10,13,15H,11-12H2,1-5H3/b19-13-. The molecule has 0 radical (unpaired) electrons. The van der Waals surface area contributed by atoms with E-state index in [-0.39, 0.29) is 17.1 Å². The van der Waals surface area contributed by atoms with Crippen molar-refractivity contribution in [2.75, 3.05) is 7.05 Å². The Morgan fingerprint density at radius 1 is 1.10 bits per heavy atom. The molecule has 2 rings (SSSR count). The Morgan fingerprint density at radius 3 is 2.10 bits per heavy atom. The van der Waals surface area contributed by atoms with Gasteiger partial charge in [0.1, 0.15) is 0 Å². The van der Waals surface area contributed by atoms with Crippen LogP contribution in [0.1, 0.15) is 46.1 Å². The Bertz CT molecular complexity index is 473. The minimum atomic E-state index is 0.0383. The number of benzene rings is 1. The minimum absolute atomic E-state index is 0.0383. The van der Waals surface area contributed by atoms with Gasteiger partial charge < -0.3 is 5.21 Å². The lowest BCUT2D eigenvalue weighted by atomic mass is 9.77. The molecule has 0 atom stereocenters. The van der Waals surface area contributed by atoms with Gasteiger partial charge >= 0.3 is 0 Å². The fourth-order valence-electron chi connectivity index (χ4n) is 3.29. The number of hydrogen-bond acceptors (Lipinski definition) is 2.